The number of rotatable bonds is 2. The minimum atomic E-state index is -0.402. The molecular weight excluding hydrogens is 266 g/mol. The molecule has 1 aliphatic rings. The number of aromatic nitrogens is 1. The van der Waals surface area contributed by atoms with Gasteiger partial charge in [0, 0.05) is 35.8 Å². The van der Waals surface area contributed by atoms with E-state index in [0.29, 0.717) is 18.7 Å². The van der Waals surface area contributed by atoms with Crippen LogP contribution in [0.5, 0.6) is 0 Å². The maximum absolute atomic E-state index is 12.9. The highest BCUT2D eigenvalue weighted by atomic mass is 16.2. The molecule has 0 spiro atoms. The molecule has 1 atom stereocenters. The van der Waals surface area contributed by atoms with Crippen molar-refractivity contribution in [3.8, 4) is 0 Å². The van der Waals surface area contributed by atoms with Gasteiger partial charge in [0.05, 0.1) is 0 Å². The normalized spacial score (nSPS) is 19.1. The zero-order chi connectivity index (χ0) is 15.0. The van der Waals surface area contributed by atoms with Crippen molar-refractivity contribution in [2.24, 2.45) is 5.92 Å². The first-order valence-electron chi connectivity index (χ1n) is 7.24. The third-order valence-electron chi connectivity index (χ3n) is 3.97. The molecule has 5 heteroatoms. The number of fused-ring (bicyclic) bond motifs is 1. The van der Waals surface area contributed by atoms with Crippen LogP contribution in [-0.4, -0.2) is 40.8 Å². The van der Waals surface area contributed by atoms with Crippen LogP contribution in [0.2, 0.25) is 0 Å². The Labute approximate surface area is 123 Å². The molecule has 2 heterocycles. The summed E-state index contributed by atoms with van der Waals surface area (Å²) in [6, 6.07) is 7.12. The Morgan fingerprint density at radius 3 is 2.90 bits per heavy atom. The van der Waals surface area contributed by atoms with Crippen molar-refractivity contribution in [3.63, 3.8) is 0 Å². The third kappa shape index (κ3) is 2.28. The molecule has 1 saturated heterocycles. The van der Waals surface area contributed by atoms with Crippen molar-refractivity contribution in [2.45, 2.75) is 19.9 Å². The molecule has 5 nitrogen and oxygen atoms in total. The highest BCUT2D eigenvalue weighted by Crippen LogP contribution is 2.22. The highest BCUT2D eigenvalue weighted by molar-refractivity contribution is 6.07. The molecule has 21 heavy (non-hydrogen) atoms. The summed E-state index contributed by atoms with van der Waals surface area (Å²) in [7, 11) is 0. The van der Waals surface area contributed by atoms with Crippen molar-refractivity contribution < 1.29 is 9.59 Å². The van der Waals surface area contributed by atoms with Crippen LogP contribution in [-0.2, 0) is 4.79 Å². The van der Waals surface area contributed by atoms with E-state index in [1.54, 1.807) is 4.90 Å². The minimum absolute atomic E-state index is 0.0640. The largest absolute Gasteiger partial charge is 0.361 e. The lowest BCUT2D eigenvalue weighted by molar-refractivity contribution is -0.129. The molecule has 2 aromatic rings. The summed E-state index contributed by atoms with van der Waals surface area (Å²) in [5.74, 6) is -0.0562. The molecule has 0 unspecified atom stereocenters. The van der Waals surface area contributed by atoms with Gasteiger partial charge in [-0.3, -0.25) is 9.59 Å². The smallest absolute Gasteiger partial charge is 0.255 e. The number of hydrogen-bond acceptors (Lipinski definition) is 2. The fraction of sp³-hybridized carbons (Fsp3) is 0.375. The van der Waals surface area contributed by atoms with Gasteiger partial charge in [0.15, 0.2) is 0 Å². The van der Waals surface area contributed by atoms with Gasteiger partial charge in [0.2, 0.25) is 5.91 Å². The quantitative estimate of drug-likeness (QED) is 0.883. The van der Waals surface area contributed by atoms with E-state index in [4.69, 9.17) is 0 Å². The Bertz CT molecular complexity index is 690. The number of nitrogens with zero attached hydrogens (tertiary/aromatic N) is 1. The molecule has 0 radical (unpaired) electrons. The number of H-pyrrole nitrogens is 1. The molecule has 1 aromatic heterocycles. The Morgan fingerprint density at radius 2 is 2.14 bits per heavy atom. The monoisotopic (exact) mass is 285 g/mol. The van der Waals surface area contributed by atoms with E-state index in [2.05, 4.69) is 10.3 Å². The molecule has 2 N–H and O–H groups in total. The first kappa shape index (κ1) is 13.7. The second kappa shape index (κ2) is 5.24. The van der Waals surface area contributed by atoms with E-state index in [1.807, 2.05) is 44.3 Å². The number of nitrogens with one attached hydrogen (secondary N) is 2. The molecule has 1 fully saturated rings. The van der Waals surface area contributed by atoms with E-state index < -0.39 is 6.04 Å². The third-order valence-corrected chi connectivity index (χ3v) is 3.97. The molecule has 0 aliphatic carbocycles. The number of benzene rings is 1. The average Bonchev–Trinajstić information content (AvgIpc) is 2.94. The van der Waals surface area contributed by atoms with Gasteiger partial charge in [-0.2, -0.15) is 0 Å². The molecule has 3 rings (SSSR count). The summed E-state index contributed by atoms with van der Waals surface area (Å²) in [6.45, 7) is 4.99. The van der Waals surface area contributed by atoms with Gasteiger partial charge in [0.25, 0.3) is 5.91 Å². The summed E-state index contributed by atoms with van der Waals surface area (Å²) in [4.78, 5) is 29.8. The number of hydrogen-bond donors (Lipinski definition) is 2. The summed E-state index contributed by atoms with van der Waals surface area (Å²) in [5.41, 5.74) is 1.58. The number of carbonyl (C=O) groups is 2. The maximum atomic E-state index is 12.9. The molecule has 0 saturated carbocycles. The lowest BCUT2D eigenvalue weighted by atomic mass is 9.98. The fourth-order valence-corrected chi connectivity index (χ4v) is 3.00. The molecule has 0 bridgehead atoms. The predicted octanol–water partition coefficient (Wildman–Crippen LogP) is 1.76. The van der Waals surface area contributed by atoms with Gasteiger partial charge in [-0.1, -0.05) is 19.9 Å². The van der Waals surface area contributed by atoms with E-state index in [9.17, 15) is 9.59 Å². The van der Waals surface area contributed by atoms with Gasteiger partial charge < -0.3 is 15.2 Å². The lowest BCUT2D eigenvalue weighted by Gasteiger charge is -2.37. The second-order valence-electron chi connectivity index (χ2n) is 5.72. The summed E-state index contributed by atoms with van der Waals surface area (Å²) in [6.07, 6.45) is 1.82. The van der Waals surface area contributed by atoms with Crippen molar-refractivity contribution in [2.75, 3.05) is 13.1 Å². The van der Waals surface area contributed by atoms with Crippen LogP contribution in [0.25, 0.3) is 10.9 Å². The van der Waals surface area contributed by atoms with Crippen LogP contribution in [0.1, 0.15) is 24.2 Å². The second-order valence-corrected chi connectivity index (χ2v) is 5.72. The van der Waals surface area contributed by atoms with Crippen LogP contribution in [0.15, 0.2) is 30.5 Å². The lowest BCUT2D eigenvalue weighted by Crippen LogP contribution is -2.59. The van der Waals surface area contributed by atoms with Gasteiger partial charge in [0.1, 0.15) is 6.04 Å². The number of carbonyl (C=O) groups excluding carboxylic acids is 2. The van der Waals surface area contributed by atoms with E-state index >= 15 is 0 Å². The molecule has 1 aliphatic heterocycles. The standard InChI is InChI=1S/C16H19N3O2/c1-10(2)14-15(20)18-8-9-19(14)16(21)12-4-3-5-13-11(12)6-7-17-13/h3-7,10,14,17H,8-9H2,1-2H3,(H,18,20)/t14-/m1/s1. The fourth-order valence-electron chi connectivity index (χ4n) is 3.00. The SMILES string of the molecule is CC(C)[C@@H]1C(=O)NCCN1C(=O)c1cccc2[nH]ccc12. The van der Waals surface area contributed by atoms with Gasteiger partial charge in [-0.25, -0.2) is 0 Å². The summed E-state index contributed by atoms with van der Waals surface area (Å²) in [5, 5.41) is 3.74. The molecule has 1 aromatic carbocycles. The van der Waals surface area contributed by atoms with Gasteiger partial charge in [-0.15, -0.1) is 0 Å². The summed E-state index contributed by atoms with van der Waals surface area (Å²) >= 11 is 0. The van der Waals surface area contributed by atoms with E-state index in [1.165, 1.54) is 0 Å². The Balaban J connectivity index is 2.00. The van der Waals surface area contributed by atoms with Crippen molar-refractivity contribution in [1.82, 2.24) is 15.2 Å². The Hall–Kier alpha value is -2.30. The van der Waals surface area contributed by atoms with Crippen molar-refractivity contribution >= 4 is 22.7 Å². The average molecular weight is 285 g/mol. The van der Waals surface area contributed by atoms with Crippen LogP contribution >= 0.6 is 0 Å². The van der Waals surface area contributed by atoms with Crippen molar-refractivity contribution in [1.29, 1.82) is 0 Å². The van der Waals surface area contributed by atoms with Crippen molar-refractivity contribution in [3.05, 3.63) is 36.0 Å². The van der Waals surface area contributed by atoms with Gasteiger partial charge in [-0.05, 0) is 24.1 Å². The number of aromatic amines is 1. The molecule has 110 valence electrons. The van der Waals surface area contributed by atoms with Crippen LogP contribution in [0.3, 0.4) is 0 Å². The zero-order valence-electron chi connectivity index (χ0n) is 12.2. The van der Waals surface area contributed by atoms with Crippen LogP contribution < -0.4 is 5.32 Å². The molecule has 2 amide bonds. The first-order valence-corrected chi connectivity index (χ1v) is 7.24. The predicted molar refractivity (Wildman–Crippen MR) is 81.0 cm³/mol. The summed E-state index contributed by atoms with van der Waals surface area (Å²) < 4.78 is 0. The first-order chi connectivity index (χ1) is 10.1. The Morgan fingerprint density at radius 1 is 1.33 bits per heavy atom. The topological polar surface area (TPSA) is 65.2 Å². The van der Waals surface area contributed by atoms with E-state index in [-0.39, 0.29) is 17.7 Å². The number of amides is 2. The van der Waals surface area contributed by atoms with E-state index in [0.717, 1.165) is 10.9 Å². The highest BCUT2D eigenvalue weighted by Gasteiger charge is 2.35. The number of piperazine rings is 1. The van der Waals surface area contributed by atoms with Crippen LogP contribution in [0, 0.1) is 5.92 Å². The van der Waals surface area contributed by atoms with Crippen LogP contribution in [0.4, 0.5) is 0 Å². The maximum Gasteiger partial charge on any atom is 0.255 e. The zero-order valence-corrected chi connectivity index (χ0v) is 12.2. The Kier molecular flexibility index (Phi) is 3.41. The minimum Gasteiger partial charge on any atom is -0.361 e. The molecular formula is C16H19N3O2. The van der Waals surface area contributed by atoms with Gasteiger partial charge >= 0.3 is 0 Å².